The lowest BCUT2D eigenvalue weighted by atomic mass is 9.98. The summed E-state index contributed by atoms with van der Waals surface area (Å²) in [5.74, 6) is -0.329. The molecule has 2 aromatic heterocycles. The van der Waals surface area contributed by atoms with Crippen molar-refractivity contribution in [3.63, 3.8) is 0 Å². The predicted molar refractivity (Wildman–Crippen MR) is 158 cm³/mol. The molecule has 10 heteroatoms. The van der Waals surface area contributed by atoms with Crippen molar-refractivity contribution in [3.8, 4) is 5.75 Å². The average molecular weight is 626 g/mol. The largest absolute Gasteiger partial charge is 0.494 e. The minimum atomic E-state index is -0.804. The predicted octanol–water partition coefficient (Wildman–Crippen LogP) is 7.21. The van der Waals surface area contributed by atoms with Crippen LogP contribution in [-0.2, 0) is 4.74 Å². The minimum absolute atomic E-state index is 0.0355. The van der Waals surface area contributed by atoms with Gasteiger partial charge in [0.2, 0.25) is 5.76 Å². The number of nitrogens with zero attached hydrogens (tertiary/aromatic N) is 2. The Morgan fingerprint density at radius 3 is 2.60 bits per heavy atom. The number of benzene rings is 2. The summed E-state index contributed by atoms with van der Waals surface area (Å²) in [6.07, 6.45) is 4.43. The molecule has 0 bridgehead atoms. The van der Waals surface area contributed by atoms with E-state index in [0.717, 1.165) is 35.1 Å². The van der Waals surface area contributed by atoms with Crippen LogP contribution in [0.4, 0.5) is 5.13 Å². The Balaban J connectivity index is 1.59. The van der Waals surface area contributed by atoms with E-state index in [1.54, 1.807) is 32.0 Å². The number of unbranched alkanes of at least 4 members (excludes halogenated alkanes) is 3. The van der Waals surface area contributed by atoms with Crippen molar-refractivity contribution in [2.75, 3.05) is 18.1 Å². The molecule has 0 aliphatic carbocycles. The first-order valence-electron chi connectivity index (χ1n) is 13.3. The van der Waals surface area contributed by atoms with Gasteiger partial charge in [0, 0.05) is 4.47 Å². The third kappa shape index (κ3) is 5.30. The molecule has 0 saturated heterocycles. The second kappa shape index (κ2) is 11.9. The van der Waals surface area contributed by atoms with Crippen molar-refractivity contribution in [2.24, 2.45) is 0 Å². The second-order valence-corrected chi connectivity index (χ2v) is 11.4. The molecular weight excluding hydrogens is 596 g/mol. The van der Waals surface area contributed by atoms with Gasteiger partial charge in [-0.05, 0) is 56.2 Å². The first kappa shape index (κ1) is 28.0. The van der Waals surface area contributed by atoms with Crippen LogP contribution in [0.1, 0.15) is 82.6 Å². The quantitative estimate of drug-likeness (QED) is 0.136. The summed E-state index contributed by atoms with van der Waals surface area (Å²) in [5.41, 5.74) is 1.39. The van der Waals surface area contributed by atoms with E-state index in [9.17, 15) is 14.4 Å². The Hall–Kier alpha value is -3.50. The summed E-state index contributed by atoms with van der Waals surface area (Å²) in [7, 11) is 0. The normalized spacial score (nSPS) is 14.6. The number of thiazole rings is 1. The average Bonchev–Trinajstić information content (AvgIpc) is 3.46. The number of carbonyl (C=O) groups is 2. The Morgan fingerprint density at radius 1 is 1.10 bits per heavy atom. The summed E-state index contributed by atoms with van der Waals surface area (Å²) in [6, 6.07) is 11.7. The molecular formula is C30H29BrN2O6S. The molecule has 5 rings (SSSR count). The number of hydrogen-bond donors (Lipinski definition) is 0. The zero-order valence-electron chi connectivity index (χ0n) is 22.5. The molecule has 0 N–H and O–H groups in total. The van der Waals surface area contributed by atoms with E-state index in [4.69, 9.17) is 13.9 Å². The van der Waals surface area contributed by atoms with Crippen LogP contribution in [0.15, 0.2) is 56.1 Å². The molecule has 208 valence electrons. The molecule has 0 spiro atoms. The van der Waals surface area contributed by atoms with Gasteiger partial charge in [0.1, 0.15) is 16.2 Å². The molecule has 1 unspecified atom stereocenters. The van der Waals surface area contributed by atoms with Gasteiger partial charge in [-0.25, -0.2) is 9.78 Å². The maximum absolute atomic E-state index is 13.9. The number of aryl methyl sites for hydroxylation is 1. The lowest BCUT2D eigenvalue weighted by Gasteiger charge is -2.22. The van der Waals surface area contributed by atoms with Crippen LogP contribution in [-0.4, -0.2) is 30.1 Å². The molecule has 1 aliphatic rings. The topological polar surface area (TPSA) is 98.9 Å². The van der Waals surface area contributed by atoms with E-state index in [2.05, 4.69) is 27.8 Å². The fraction of sp³-hybridized carbons (Fsp3) is 0.333. The second-order valence-electron chi connectivity index (χ2n) is 9.50. The number of hydrogen-bond acceptors (Lipinski definition) is 8. The summed E-state index contributed by atoms with van der Waals surface area (Å²) in [4.78, 5) is 46.5. The first-order valence-corrected chi connectivity index (χ1v) is 14.9. The molecule has 8 nitrogen and oxygen atoms in total. The van der Waals surface area contributed by atoms with Crippen LogP contribution < -0.4 is 15.1 Å². The monoisotopic (exact) mass is 624 g/mol. The minimum Gasteiger partial charge on any atom is -0.494 e. The third-order valence-electron chi connectivity index (χ3n) is 6.75. The van der Waals surface area contributed by atoms with Crippen molar-refractivity contribution in [2.45, 2.75) is 52.5 Å². The molecule has 1 atom stereocenters. The van der Waals surface area contributed by atoms with Gasteiger partial charge in [-0.2, -0.15) is 0 Å². The van der Waals surface area contributed by atoms with Gasteiger partial charge in [-0.1, -0.05) is 65.6 Å². The number of amides is 1. The summed E-state index contributed by atoms with van der Waals surface area (Å²) in [5, 5.41) is 0.644. The maximum atomic E-state index is 13.9. The molecule has 0 fully saturated rings. The van der Waals surface area contributed by atoms with Gasteiger partial charge in [-0.15, -0.1) is 0 Å². The standard InChI is InChI=1S/C30H29BrN2O6S/c1-4-6-7-8-15-38-20-12-9-18(10-13-20)24-23-25(34)21-16-19(31)11-14-22(21)39-26(23)28(35)33(24)30-32-17(3)27(40-30)29(36)37-5-2/h9-14,16,24H,4-8,15H2,1-3H3. The van der Waals surface area contributed by atoms with Crippen LogP contribution in [0.2, 0.25) is 0 Å². The van der Waals surface area contributed by atoms with E-state index in [-0.39, 0.29) is 28.5 Å². The highest BCUT2D eigenvalue weighted by atomic mass is 79.9. The Morgan fingerprint density at radius 2 is 1.88 bits per heavy atom. The summed E-state index contributed by atoms with van der Waals surface area (Å²) in [6.45, 7) is 6.43. The van der Waals surface area contributed by atoms with Gasteiger partial charge < -0.3 is 13.9 Å². The van der Waals surface area contributed by atoms with E-state index in [1.165, 1.54) is 11.3 Å². The van der Waals surface area contributed by atoms with Crippen LogP contribution in [0, 0.1) is 6.92 Å². The molecule has 1 amide bonds. The molecule has 0 saturated carbocycles. The number of aromatic nitrogens is 1. The fourth-order valence-electron chi connectivity index (χ4n) is 4.79. The van der Waals surface area contributed by atoms with Gasteiger partial charge in [-0.3, -0.25) is 14.5 Å². The molecule has 0 radical (unpaired) electrons. The third-order valence-corrected chi connectivity index (χ3v) is 8.38. The Bertz CT molecular complexity index is 1630. The van der Waals surface area contributed by atoms with Crippen LogP contribution in [0.5, 0.6) is 5.75 Å². The smallest absolute Gasteiger partial charge is 0.350 e. The highest BCUT2D eigenvalue weighted by Crippen LogP contribution is 2.43. The number of esters is 1. The number of ether oxygens (including phenoxy) is 2. The Labute approximate surface area is 244 Å². The highest BCUT2D eigenvalue weighted by molar-refractivity contribution is 9.10. The molecule has 1 aliphatic heterocycles. The molecule has 3 heterocycles. The number of anilines is 1. The van der Waals surface area contributed by atoms with Crippen molar-refractivity contribution < 1.29 is 23.5 Å². The maximum Gasteiger partial charge on any atom is 0.350 e. The van der Waals surface area contributed by atoms with E-state index >= 15 is 0 Å². The van der Waals surface area contributed by atoms with Gasteiger partial charge in [0.05, 0.1) is 35.9 Å². The molecule has 2 aromatic carbocycles. The number of rotatable bonds is 10. The zero-order chi connectivity index (χ0) is 28.4. The van der Waals surface area contributed by atoms with Crippen LogP contribution in [0.3, 0.4) is 0 Å². The molecule has 40 heavy (non-hydrogen) atoms. The first-order chi connectivity index (χ1) is 19.3. The summed E-state index contributed by atoms with van der Waals surface area (Å²) < 4.78 is 17.8. The zero-order valence-corrected chi connectivity index (χ0v) is 24.9. The summed E-state index contributed by atoms with van der Waals surface area (Å²) >= 11 is 4.48. The van der Waals surface area contributed by atoms with Crippen molar-refractivity contribution in [1.29, 1.82) is 0 Å². The van der Waals surface area contributed by atoms with Crippen molar-refractivity contribution in [3.05, 3.63) is 84.6 Å². The van der Waals surface area contributed by atoms with Crippen LogP contribution >= 0.6 is 27.3 Å². The number of carbonyl (C=O) groups excluding carboxylic acids is 2. The van der Waals surface area contributed by atoms with E-state index in [0.29, 0.717) is 39.5 Å². The van der Waals surface area contributed by atoms with Gasteiger partial charge in [0.25, 0.3) is 5.91 Å². The fourth-order valence-corrected chi connectivity index (χ4v) is 6.14. The number of fused-ring (bicyclic) bond motifs is 2. The van der Waals surface area contributed by atoms with Crippen molar-refractivity contribution in [1.82, 2.24) is 4.98 Å². The van der Waals surface area contributed by atoms with E-state index in [1.807, 2.05) is 24.3 Å². The number of halogens is 1. The Kier molecular flexibility index (Phi) is 8.37. The lowest BCUT2D eigenvalue weighted by Crippen LogP contribution is -2.29. The van der Waals surface area contributed by atoms with Crippen molar-refractivity contribution >= 4 is 55.2 Å². The lowest BCUT2D eigenvalue weighted by molar-refractivity contribution is 0.0531. The van der Waals surface area contributed by atoms with E-state index < -0.39 is 17.9 Å². The van der Waals surface area contributed by atoms with Gasteiger partial charge in [0.15, 0.2) is 10.6 Å². The van der Waals surface area contributed by atoms with Crippen LogP contribution in [0.25, 0.3) is 11.0 Å². The molecule has 4 aromatic rings. The highest BCUT2D eigenvalue weighted by Gasteiger charge is 2.45. The SMILES string of the molecule is CCCCCCOc1ccc(C2c3c(oc4ccc(Br)cc4c3=O)C(=O)N2c2nc(C)c(C(=O)OCC)s2)cc1. The van der Waals surface area contributed by atoms with Gasteiger partial charge >= 0.3 is 5.97 Å².